The van der Waals surface area contributed by atoms with E-state index in [1.165, 1.54) is 30.0 Å². The maximum Gasteiger partial charge on any atom is 0.318 e. The Kier molecular flexibility index (Phi) is 7.40. The lowest BCUT2D eigenvalue weighted by Crippen LogP contribution is -2.31. The van der Waals surface area contributed by atoms with Gasteiger partial charge >= 0.3 is 6.01 Å². The Morgan fingerprint density at radius 1 is 1.15 bits per heavy atom. The van der Waals surface area contributed by atoms with Gasteiger partial charge in [0.25, 0.3) is 5.91 Å². The summed E-state index contributed by atoms with van der Waals surface area (Å²) < 4.78 is 34.9. The number of nitrogens with zero attached hydrogens (tertiary/aromatic N) is 3. The van der Waals surface area contributed by atoms with Gasteiger partial charge in [0.1, 0.15) is 18.2 Å². The molecule has 1 aromatic heterocycles. The number of benzene rings is 2. The number of ether oxygens (including phenoxy) is 1. The van der Waals surface area contributed by atoms with E-state index in [1.54, 1.807) is 6.07 Å². The zero-order valence-corrected chi connectivity index (χ0v) is 22.8. The van der Waals surface area contributed by atoms with Crippen molar-refractivity contribution in [1.82, 2.24) is 20.2 Å². The number of likely N-dealkylation sites (N-methyl/N-ethyl adjacent to an activating group) is 1. The zero-order chi connectivity index (χ0) is 27.8. The molecule has 210 valence electrons. The van der Waals surface area contributed by atoms with Crippen LogP contribution in [-0.4, -0.2) is 60.1 Å². The van der Waals surface area contributed by atoms with Crippen LogP contribution in [-0.2, 0) is 11.2 Å². The van der Waals surface area contributed by atoms with Gasteiger partial charge in [0.05, 0.1) is 5.52 Å². The monoisotopic (exact) mass is 547 g/mol. The van der Waals surface area contributed by atoms with Crippen molar-refractivity contribution >= 4 is 22.6 Å². The first-order chi connectivity index (χ1) is 19.4. The maximum atomic E-state index is 15.8. The standard InChI is InChI=1S/C31H35F2N5O2/c1-18(32)30(39)35-12-11-34-29-25-15-26(33)24(23-10-4-7-20-14-19-6-3-9-22(19)28(20)23)16-27(25)36-31(37-29)40-17-21-8-5-13-38(21)2/h4,7,10,15-16,19,21-22H,1,3,5-6,8-9,11-14,17H2,2H3,(H,35,39)(H,34,36,37)/t19?,21-,22?/m0/s1. The van der Waals surface area contributed by atoms with Gasteiger partial charge in [0.2, 0.25) is 0 Å². The van der Waals surface area contributed by atoms with Crippen LogP contribution in [0.1, 0.15) is 49.1 Å². The second-order valence-electron chi connectivity index (χ2n) is 11.3. The fourth-order valence-electron chi connectivity index (χ4n) is 6.75. The summed E-state index contributed by atoms with van der Waals surface area (Å²) >= 11 is 0. The third-order valence-electron chi connectivity index (χ3n) is 8.79. The van der Waals surface area contributed by atoms with Gasteiger partial charge in [0.15, 0.2) is 5.83 Å². The van der Waals surface area contributed by atoms with E-state index >= 15 is 4.39 Å². The van der Waals surface area contributed by atoms with E-state index in [2.05, 4.69) is 40.2 Å². The quantitative estimate of drug-likeness (QED) is 0.277. The van der Waals surface area contributed by atoms with Gasteiger partial charge in [-0.25, -0.2) is 8.78 Å². The van der Waals surface area contributed by atoms with Crippen molar-refractivity contribution in [2.45, 2.75) is 50.5 Å². The molecule has 0 radical (unpaired) electrons. The summed E-state index contributed by atoms with van der Waals surface area (Å²) in [6, 6.07) is 10.0. The minimum absolute atomic E-state index is 0.135. The van der Waals surface area contributed by atoms with E-state index in [0.717, 1.165) is 37.8 Å². The molecular formula is C31H35F2N5O2. The number of hydrogen-bond donors (Lipinski definition) is 2. The predicted molar refractivity (Wildman–Crippen MR) is 152 cm³/mol. The largest absolute Gasteiger partial charge is 0.462 e. The van der Waals surface area contributed by atoms with Crippen LogP contribution in [0.5, 0.6) is 6.01 Å². The van der Waals surface area contributed by atoms with Crippen molar-refractivity contribution < 1.29 is 18.3 Å². The summed E-state index contributed by atoms with van der Waals surface area (Å²) in [4.78, 5) is 23.0. The van der Waals surface area contributed by atoms with Crippen molar-refractivity contribution in [3.05, 3.63) is 59.7 Å². The number of amides is 1. The second-order valence-corrected chi connectivity index (χ2v) is 11.3. The number of halogens is 2. The normalized spacial score (nSPS) is 21.8. The summed E-state index contributed by atoms with van der Waals surface area (Å²) in [6.45, 7) is 4.87. The molecule has 0 bridgehead atoms. The Labute approximate surface area is 233 Å². The minimum atomic E-state index is -1.05. The zero-order valence-electron chi connectivity index (χ0n) is 22.8. The lowest BCUT2D eigenvalue weighted by Gasteiger charge is -2.20. The number of nitrogens with one attached hydrogen (secondary N) is 2. The third kappa shape index (κ3) is 5.14. The highest BCUT2D eigenvalue weighted by molar-refractivity contribution is 5.93. The molecule has 6 rings (SSSR count). The van der Waals surface area contributed by atoms with E-state index < -0.39 is 11.7 Å². The minimum Gasteiger partial charge on any atom is -0.462 e. The molecule has 2 heterocycles. The van der Waals surface area contributed by atoms with Crippen molar-refractivity contribution in [2.24, 2.45) is 5.92 Å². The molecule has 1 amide bonds. The van der Waals surface area contributed by atoms with Crippen LogP contribution in [0, 0.1) is 11.7 Å². The number of aromatic nitrogens is 2. The molecule has 2 N–H and O–H groups in total. The molecule has 9 heteroatoms. The number of hydrogen-bond acceptors (Lipinski definition) is 6. The highest BCUT2D eigenvalue weighted by Crippen LogP contribution is 2.51. The van der Waals surface area contributed by atoms with Crippen LogP contribution >= 0.6 is 0 Å². The lowest BCUT2D eigenvalue weighted by molar-refractivity contribution is -0.118. The Balaban J connectivity index is 1.34. The maximum absolute atomic E-state index is 15.8. The van der Waals surface area contributed by atoms with E-state index in [4.69, 9.17) is 9.72 Å². The molecule has 3 atom stereocenters. The SMILES string of the molecule is C=C(F)C(=O)NCCNc1nc(OC[C@@H]2CCCN2C)nc2cc(-c3cccc4c3C3CCCC3C4)c(F)cc12. The summed E-state index contributed by atoms with van der Waals surface area (Å²) in [5.74, 6) is -0.714. The molecule has 1 saturated heterocycles. The Morgan fingerprint density at radius 3 is 2.83 bits per heavy atom. The Bertz CT molecular complexity index is 1460. The van der Waals surface area contributed by atoms with Gasteiger partial charge in [-0.15, -0.1) is 0 Å². The third-order valence-corrected chi connectivity index (χ3v) is 8.79. The van der Waals surface area contributed by atoms with Crippen LogP contribution < -0.4 is 15.4 Å². The number of likely N-dealkylation sites (tertiary alicyclic amines) is 1. The van der Waals surface area contributed by atoms with Crippen molar-refractivity contribution in [3.8, 4) is 17.1 Å². The molecule has 0 spiro atoms. The first-order valence-electron chi connectivity index (χ1n) is 14.2. The first-order valence-corrected chi connectivity index (χ1v) is 14.2. The van der Waals surface area contributed by atoms with Gasteiger partial charge in [-0.3, -0.25) is 4.79 Å². The first kappa shape index (κ1) is 26.6. The van der Waals surface area contributed by atoms with Crippen molar-refractivity contribution in [3.63, 3.8) is 0 Å². The van der Waals surface area contributed by atoms with Crippen molar-refractivity contribution in [2.75, 3.05) is 38.6 Å². The molecule has 2 aliphatic carbocycles. The molecule has 3 aliphatic rings. The molecule has 3 aromatic rings. The second kappa shape index (κ2) is 11.1. The lowest BCUT2D eigenvalue weighted by atomic mass is 9.89. The Hall–Kier alpha value is -3.59. The molecule has 7 nitrogen and oxygen atoms in total. The van der Waals surface area contributed by atoms with Crippen LogP contribution in [0.4, 0.5) is 14.6 Å². The fourth-order valence-corrected chi connectivity index (χ4v) is 6.75. The molecule has 2 aromatic carbocycles. The van der Waals surface area contributed by atoms with E-state index in [-0.39, 0.29) is 31.0 Å². The van der Waals surface area contributed by atoms with Crippen LogP contribution in [0.3, 0.4) is 0 Å². The van der Waals surface area contributed by atoms with Gasteiger partial charge in [0, 0.05) is 30.1 Å². The smallest absolute Gasteiger partial charge is 0.318 e. The van der Waals surface area contributed by atoms with E-state index in [0.29, 0.717) is 40.7 Å². The van der Waals surface area contributed by atoms with Crippen LogP contribution in [0.25, 0.3) is 22.0 Å². The number of fused-ring (bicyclic) bond motifs is 4. The highest BCUT2D eigenvalue weighted by Gasteiger charge is 2.38. The number of anilines is 1. The molecule has 2 unspecified atom stereocenters. The molecule has 40 heavy (non-hydrogen) atoms. The number of rotatable bonds is 9. The van der Waals surface area contributed by atoms with Gasteiger partial charge in [-0.05, 0) is 86.4 Å². The number of carbonyl (C=O) groups is 1. The molecule has 1 saturated carbocycles. The fraction of sp³-hybridized carbons (Fsp3) is 0.452. The van der Waals surface area contributed by atoms with Crippen LogP contribution in [0.15, 0.2) is 42.7 Å². The predicted octanol–water partition coefficient (Wildman–Crippen LogP) is 5.36. The average molecular weight is 548 g/mol. The van der Waals surface area contributed by atoms with Crippen molar-refractivity contribution in [1.29, 1.82) is 0 Å². The highest BCUT2D eigenvalue weighted by atomic mass is 19.1. The summed E-state index contributed by atoms with van der Waals surface area (Å²) in [5, 5.41) is 6.09. The summed E-state index contributed by atoms with van der Waals surface area (Å²) in [6.07, 6.45) is 6.85. The Morgan fingerprint density at radius 2 is 2.02 bits per heavy atom. The van der Waals surface area contributed by atoms with Crippen LogP contribution in [0.2, 0.25) is 0 Å². The van der Waals surface area contributed by atoms with E-state index in [9.17, 15) is 9.18 Å². The molecular weight excluding hydrogens is 512 g/mol. The molecule has 1 aliphatic heterocycles. The van der Waals surface area contributed by atoms with Gasteiger partial charge in [-0.1, -0.05) is 31.2 Å². The number of carbonyl (C=O) groups excluding carboxylic acids is 1. The average Bonchev–Trinajstić information content (AvgIpc) is 3.65. The molecule has 2 fully saturated rings. The topological polar surface area (TPSA) is 79.4 Å². The van der Waals surface area contributed by atoms with Gasteiger partial charge in [-0.2, -0.15) is 9.97 Å². The van der Waals surface area contributed by atoms with E-state index in [1.807, 2.05) is 12.1 Å². The van der Waals surface area contributed by atoms with Gasteiger partial charge < -0.3 is 20.3 Å². The summed E-state index contributed by atoms with van der Waals surface area (Å²) in [7, 11) is 2.08. The summed E-state index contributed by atoms with van der Waals surface area (Å²) in [5.41, 5.74) is 4.69.